The number of hydrogen-bond donors (Lipinski definition) is 1. The molecule has 9 heteroatoms. The van der Waals surface area contributed by atoms with Crippen LogP contribution in [0.1, 0.15) is 13.8 Å². The molecule has 1 amide bonds. The Morgan fingerprint density at radius 3 is 2.64 bits per heavy atom. The topological polar surface area (TPSA) is 93.6 Å². The number of thioether (sulfide) groups is 1. The summed E-state index contributed by atoms with van der Waals surface area (Å²) in [4.78, 5) is 30.5. The van der Waals surface area contributed by atoms with Crippen LogP contribution in [0, 0.1) is 11.8 Å². The Morgan fingerprint density at radius 1 is 1.36 bits per heavy atom. The first-order chi connectivity index (χ1) is 12.9. The van der Waals surface area contributed by atoms with E-state index in [-0.39, 0.29) is 53.1 Å². The second-order valence-corrected chi connectivity index (χ2v) is 8.87. The van der Waals surface area contributed by atoms with Gasteiger partial charge in [0, 0.05) is 21.8 Å². The molecular formula is C19H17N2NaO4S2. The Bertz CT molecular complexity index is 944. The molecule has 0 spiro atoms. The zero-order valence-electron chi connectivity index (χ0n) is 15.7. The van der Waals surface area contributed by atoms with Crippen molar-refractivity contribution < 1.29 is 49.4 Å². The summed E-state index contributed by atoms with van der Waals surface area (Å²) in [6.07, 6.45) is -0.821. The van der Waals surface area contributed by atoms with Crippen LogP contribution >= 0.6 is 23.1 Å². The quantitative estimate of drug-likeness (QED) is 0.475. The fraction of sp³-hybridized carbons (Fsp3) is 0.316. The van der Waals surface area contributed by atoms with Gasteiger partial charge in [-0.15, -0.1) is 11.3 Å². The van der Waals surface area contributed by atoms with E-state index < -0.39 is 18.0 Å². The van der Waals surface area contributed by atoms with Crippen molar-refractivity contribution in [1.82, 2.24) is 9.88 Å². The van der Waals surface area contributed by atoms with Crippen molar-refractivity contribution in [2.75, 3.05) is 0 Å². The van der Waals surface area contributed by atoms with Gasteiger partial charge in [0.1, 0.15) is 0 Å². The van der Waals surface area contributed by atoms with Gasteiger partial charge >= 0.3 is 29.6 Å². The summed E-state index contributed by atoms with van der Waals surface area (Å²) < 4.78 is 0.706. The van der Waals surface area contributed by atoms with E-state index in [4.69, 9.17) is 0 Å². The van der Waals surface area contributed by atoms with Gasteiger partial charge in [-0.3, -0.25) is 4.79 Å². The molecule has 140 valence electrons. The van der Waals surface area contributed by atoms with Crippen molar-refractivity contribution in [3.05, 3.63) is 46.3 Å². The second-order valence-electron chi connectivity index (χ2n) is 6.72. The first-order valence-electron chi connectivity index (χ1n) is 8.55. The maximum atomic E-state index is 12.4. The smallest absolute Gasteiger partial charge is 0.543 e. The number of aliphatic carboxylic acids is 1. The van der Waals surface area contributed by atoms with E-state index in [2.05, 4.69) is 4.98 Å². The van der Waals surface area contributed by atoms with Gasteiger partial charge < -0.3 is 19.9 Å². The van der Waals surface area contributed by atoms with Gasteiger partial charge in [0.25, 0.3) is 0 Å². The molecule has 2 aromatic rings. The molecule has 2 aliphatic rings. The number of carbonyl (C=O) groups excluding carboxylic acids is 2. The standard InChI is InChI=1S/C19H18N2O4S2.Na/c1-9-14-13(10(2)22)17(23)21(14)15(18(24)25)16(9)27-19-20-12(8-26-19)11-6-4-3-5-7-11;/h3-10,13-14,22H,1-2H3,(H,24,25);/q;+1/p-1. The molecule has 4 rings (SSSR count). The van der Waals surface area contributed by atoms with Gasteiger partial charge in [-0.1, -0.05) is 49.0 Å². The average Bonchev–Trinajstić information content (AvgIpc) is 3.18. The number of carboxylic acids is 1. The largest absolute Gasteiger partial charge is 1.00 e. The summed E-state index contributed by atoms with van der Waals surface area (Å²) in [5.41, 5.74) is 1.73. The van der Waals surface area contributed by atoms with E-state index in [1.807, 2.05) is 42.6 Å². The van der Waals surface area contributed by atoms with Crippen molar-refractivity contribution in [3.8, 4) is 11.3 Å². The first-order valence-corrected chi connectivity index (χ1v) is 10.2. The van der Waals surface area contributed by atoms with Gasteiger partial charge in [0.05, 0.1) is 35.4 Å². The molecule has 1 N–H and O–H groups in total. The minimum atomic E-state index is -1.37. The van der Waals surface area contributed by atoms with Crippen LogP contribution in [0.5, 0.6) is 0 Å². The van der Waals surface area contributed by atoms with Crippen LogP contribution in [0.25, 0.3) is 11.3 Å². The Labute approximate surface area is 193 Å². The Morgan fingerprint density at radius 2 is 2.04 bits per heavy atom. The summed E-state index contributed by atoms with van der Waals surface area (Å²) >= 11 is 2.69. The van der Waals surface area contributed by atoms with Gasteiger partial charge in [-0.2, -0.15) is 0 Å². The fourth-order valence-corrected chi connectivity index (χ4v) is 5.88. The molecule has 0 aliphatic carbocycles. The van der Waals surface area contributed by atoms with Crippen molar-refractivity contribution in [2.24, 2.45) is 11.8 Å². The number of aliphatic hydroxyl groups excluding tert-OH is 1. The van der Waals surface area contributed by atoms with Crippen LogP contribution in [0.3, 0.4) is 0 Å². The third kappa shape index (κ3) is 3.46. The molecule has 6 nitrogen and oxygen atoms in total. The summed E-state index contributed by atoms with van der Waals surface area (Å²) in [6, 6.07) is 9.38. The van der Waals surface area contributed by atoms with Crippen LogP contribution in [0.4, 0.5) is 0 Å². The summed E-state index contributed by atoms with van der Waals surface area (Å²) in [6.45, 7) is 3.44. The van der Waals surface area contributed by atoms with E-state index >= 15 is 0 Å². The normalized spacial score (nSPS) is 24.5. The van der Waals surface area contributed by atoms with E-state index in [1.165, 1.54) is 28.0 Å². The van der Waals surface area contributed by atoms with E-state index in [1.54, 1.807) is 6.92 Å². The minimum Gasteiger partial charge on any atom is -0.543 e. The number of thiazole rings is 1. The number of hydrogen-bond acceptors (Lipinski definition) is 7. The monoisotopic (exact) mass is 424 g/mol. The van der Waals surface area contributed by atoms with Crippen LogP contribution < -0.4 is 34.7 Å². The molecule has 1 aromatic heterocycles. The van der Waals surface area contributed by atoms with Gasteiger partial charge in [0.2, 0.25) is 5.91 Å². The van der Waals surface area contributed by atoms with Gasteiger partial charge in [0.15, 0.2) is 4.34 Å². The number of benzene rings is 1. The van der Waals surface area contributed by atoms with E-state index in [0.29, 0.717) is 9.24 Å². The van der Waals surface area contributed by atoms with Crippen LogP contribution in [0.2, 0.25) is 0 Å². The predicted octanol–water partition coefficient (Wildman–Crippen LogP) is -1.27. The fourth-order valence-electron chi connectivity index (χ4n) is 3.79. The number of aliphatic hydroxyl groups is 1. The zero-order chi connectivity index (χ0) is 19.3. The maximum Gasteiger partial charge on any atom is 1.00 e. The summed E-state index contributed by atoms with van der Waals surface area (Å²) in [7, 11) is 0. The SMILES string of the molecule is CC(O)C1C(=O)N2C(C(=O)[O-])=C(Sc3nc(-c4ccccc4)cs3)C(C)C12.[Na+]. The number of carboxylic acid groups (broad SMARTS) is 1. The van der Waals surface area contributed by atoms with Crippen LogP contribution in [-0.4, -0.2) is 39.0 Å². The van der Waals surface area contributed by atoms with Crippen LogP contribution in [-0.2, 0) is 9.59 Å². The maximum absolute atomic E-state index is 12.4. The van der Waals surface area contributed by atoms with E-state index in [0.717, 1.165) is 11.3 Å². The molecule has 1 aromatic carbocycles. The predicted molar refractivity (Wildman–Crippen MR) is 100 cm³/mol. The number of β-lactam (4-membered cyclic amide) rings is 1. The number of carbonyl (C=O) groups is 2. The van der Waals surface area contributed by atoms with Gasteiger partial charge in [-0.25, -0.2) is 4.98 Å². The third-order valence-corrected chi connectivity index (χ3v) is 7.28. The molecule has 3 heterocycles. The molecule has 1 saturated heterocycles. The molecule has 28 heavy (non-hydrogen) atoms. The summed E-state index contributed by atoms with van der Waals surface area (Å²) in [5.74, 6) is -2.52. The Balaban J connectivity index is 0.00000225. The third-order valence-electron chi connectivity index (χ3n) is 5.05. The Hall–Kier alpha value is -1.16. The molecule has 0 saturated carbocycles. The number of fused-ring (bicyclic) bond motifs is 1. The molecule has 1 fully saturated rings. The molecule has 2 aliphatic heterocycles. The van der Waals surface area contributed by atoms with Gasteiger partial charge in [-0.05, 0) is 6.92 Å². The number of nitrogens with zero attached hydrogens (tertiary/aromatic N) is 2. The summed E-state index contributed by atoms with van der Waals surface area (Å²) in [5, 5.41) is 23.5. The molecule has 0 radical (unpaired) electrons. The van der Waals surface area contributed by atoms with Crippen molar-refractivity contribution in [1.29, 1.82) is 0 Å². The number of amides is 1. The molecule has 4 unspecified atom stereocenters. The number of aromatic nitrogens is 1. The van der Waals surface area contributed by atoms with Crippen molar-refractivity contribution in [2.45, 2.75) is 30.3 Å². The minimum absolute atomic E-state index is 0. The average molecular weight is 424 g/mol. The number of rotatable bonds is 5. The van der Waals surface area contributed by atoms with Crippen molar-refractivity contribution >= 4 is 35.0 Å². The first kappa shape index (κ1) is 21.5. The Kier molecular flexibility index (Phi) is 6.38. The van der Waals surface area contributed by atoms with Crippen molar-refractivity contribution in [3.63, 3.8) is 0 Å². The van der Waals surface area contributed by atoms with E-state index in [9.17, 15) is 19.8 Å². The van der Waals surface area contributed by atoms with Crippen LogP contribution in [0.15, 0.2) is 50.7 Å². The second kappa shape index (κ2) is 8.30. The molecule has 4 atom stereocenters. The molecular weight excluding hydrogens is 407 g/mol. The molecule has 0 bridgehead atoms. The zero-order valence-corrected chi connectivity index (χ0v) is 19.3.